The summed E-state index contributed by atoms with van der Waals surface area (Å²) in [5.41, 5.74) is 0. The highest BCUT2D eigenvalue weighted by atomic mass is 16.6. The van der Waals surface area contributed by atoms with Gasteiger partial charge in [-0.1, -0.05) is 20.8 Å². The number of hydrogen-bond donors (Lipinski definition) is 0. The molecule has 1 rings (SSSR count). The molecule has 1 aliphatic heterocycles. The lowest BCUT2D eigenvalue weighted by molar-refractivity contribution is 0.113. The maximum Gasteiger partial charge on any atom is 0.410 e. The molecular weight excluding hydrogens is 228 g/mol. The zero-order valence-electron chi connectivity index (χ0n) is 12.3. The van der Waals surface area contributed by atoms with Crippen molar-refractivity contribution in [3.05, 3.63) is 0 Å². The monoisotopic (exact) mass is 256 g/mol. The van der Waals surface area contributed by atoms with Crippen LogP contribution in [0.15, 0.2) is 0 Å². The van der Waals surface area contributed by atoms with Crippen molar-refractivity contribution >= 4 is 6.09 Å². The first kappa shape index (κ1) is 15.3. The molecule has 0 radical (unpaired) electrons. The second kappa shape index (κ2) is 7.62. The van der Waals surface area contributed by atoms with Gasteiger partial charge in [-0.2, -0.15) is 0 Å². The van der Waals surface area contributed by atoms with E-state index in [2.05, 4.69) is 32.7 Å². The van der Waals surface area contributed by atoms with Gasteiger partial charge in [-0.05, 0) is 38.8 Å². The maximum absolute atomic E-state index is 11.7. The van der Waals surface area contributed by atoms with Crippen LogP contribution < -0.4 is 0 Å². The molecule has 18 heavy (non-hydrogen) atoms. The van der Waals surface area contributed by atoms with Crippen molar-refractivity contribution in [3.8, 4) is 0 Å². The number of amides is 1. The van der Waals surface area contributed by atoms with E-state index in [1.807, 2.05) is 4.90 Å². The summed E-state index contributed by atoms with van der Waals surface area (Å²) >= 11 is 0. The highest BCUT2D eigenvalue weighted by Crippen LogP contribution is 2.14. The molecule has 1 aliphatic rings. The second-order valence-corrected chi connectivity index (χ2v) is 5.75. The standard InChI is InChI=1S/C14H28N2O2/c1-5-8-15(4)10-13-11-16(14(17)18-13)9-6-7-12(2)3/h12-13H,5-11H2,1-4H3/t13-/m0/s1. The highest BCUT2D eigenvalue weighted by Gasteiger charge is 2.31. The van der Waals surface area contributed by atoms with Crippen molar-refractivity contribution in [3.63, 3.8) is 0 Å². The summed E-state index contributed by atoms with van der Waals surface area (Å²) in [6.07, 6.45) is 3.30. The Labute approximate surface area is 111 Å². The Morgan fingerprint density at radius 1 is 1.50 bits per heavy atom. The van der Waals surface area contributed by atoms with Gasteiger partial charge in [-0.15, -0.1) is 0 Å². The first-order valence-electron chi connectivity index (χ1n) is 7.17. The Kier molecular flexibility index (Phi) is 6.47. The largest absolute Gasteiger partial charge is 0.443 e. The molecule has 1 saturated heterocycles. The first-order chi connectivity index (χ1) is 8.52. The summed E-state index contributed by atoms with van der Waals surface area (Å²) in [6, 6.07) is 0. The predicted molar refractivity (Wildman–Crippen MR) is 73.7 cm³/mol. The van der Waals surface area contributed by atoms with Crippen LogP contribution in [0.2, 0.25) is 0 Å². The van der Waals surface area contributed by atoms with Gasteiger partial charge in [0, 0.05) is 13.1 Å². The fourth-order valence-electron chi connectivity index (χ4n) is 2.36. The molecule has 106 valence electrons. The minimum atomic E-state index is -0.131. The van der Waals surface area contributed by atoms with Crippen LogP contribution in [-0.4, -0.2) is 55.2 Å². The number of hydrogen-bond acceptors (Lipinski definition) is 3. The van der Waals surface area contributed by atoms with Crippen LogP contribution in [0.1, 0.15) is 40.0 Å². The number of ether oxygens (including phenoxy) is 1. The zero-order valence-corrected chi connectivity index (χ0v) is 12.3. The van der Waals surface area contributed by atoms with Crippen molar-refractivity contribution in [1.29, 1.82) is 0 Å². The summed E-state index contributed by atoms with van der Waals surface area (Å²) in [6.45, 7) is 10.1. The van der Waals surface area contributed by atoms with E-state index in [0.717, 1.165) is 39.0 Å². The van der Waals surface area contributed by atoms with Crippen LogP contribution >= 0.6 is 0 Å². The fraction of sp³-hybridized carbons (Fsp3) is 0.929. The molecule has 0 N–H and O–H groups in total. The Bertz CT molecular complexity index is 256. The molecule has 1 amide bonds. The van der Waals surface area contributed by atoms with Crippen LogP contribution in [-0.2, 0) is 4.74 Å². The average molecular weight is 256 g/mol. The summed E-state index contributed by atoms with van der Waals surface area (Å²) in [5.74, 6) is 0.704. The second-order valence-electron chi connectivity index (χ2n) is 5.75. The normalized spacial score (nSPS) is 20.0. The summed E-state index contributed by atoms with van der Waals surface area (Å²) < 4.78 is 5.39. The zero-order chi connectivity index (χ0) is 13.5. The number of nitrogens with zero attached hydrogens (tertiary/aromatic N) is 2. The van der Waals surface area contributed by atoms with Crippen molar-refractivity contribution in [2.75, 3.05) is 33.2 Å². The van der Waals surface area contributed by atoms with Crippen molar-refractivity contribution in [2.24, 2.45) is 5.92 Å². The summed E-state index contributed by atoms with van der Waals surface area (Å²) in [7, 11) is 2.08. The SMILES string of the molecule is CCCN(C)C[C@H]1CN(CCCC(C)C)C(=O)O1. The molecule has 4 heteroatoms. The van der Waals surface area contributed by atoms with Gasteiger partial charge in [0.1, 0.15) is 6.10 Å². The third-order valence-electron chi connectivity index (χ3n) is 3.28. The molecule has 0 bridgehead atoms. The highest BCUT2D eigenvalue weighted by molar-refractivity contribution is 5.69. The van der Waals surface area contributed by atoms with Crippen LogP contribution in [0.4, 0.5) is 4.79 Å². The van der Waals surface area contributed by atoms with Crippen LogP contribution in [0.25, 0.3) is 0 Å². The molecule has 0 aromatic heterocycles. The average Bonchev–Trinajstić information content (AvgIpc) is 2.59. The van der Waals surface area contributed by atoms with Crippen molar-refractivity contribution in [1.82, 2.24) is 9.80 Å². The van der Waals surface area contributed by atoms with E-state index in [0.29, 0.717) is 5.92 Å². The lowest BCUT2D eigenvalue weighted by Gasteiger charge is -2.18. The van der Waals surface area contributed by atoms with E-state index >= 15 is 0 Å². The topological polar surface area (TPSA) is 32.8 Å². The third kappa shape index (κ3) is 5.25. The van der Waals surface area contributed by atoms with Gasteiger partial charge in [0.25, 0.3) is 0 Å². The summed E-state index contributed by atoms with van der Waals surface area (Å²) in [5, 5.41) is 0. The smallest absolute Gasteiger partial charge is 0.410 e. The van der Waals surface area contributed by atoms with E-state index in [-0.39, 0.29) is 12.2 Å². The van der Waals surface area contributed by atoms with E-state index in [4.69, 9.17) is 4.74 Å². The molecule has 0 aromatic carbocycles. The van der Waals surface area contributed by atoms with E-state index in [1.165, 1.54) is 6.42 Å². The first-order valence-corrected chi connectivity index (χ1v) is 7.17. The van der Waals surface area contributed by atoms with Gasteiger partial charge in [0.15, 0.2) is 0 Å². The summed E-state index contributed by atoms with van der Waals surface area (Å²) in [4.78, 5) is 15.8. The predicted octanol–water partition coefficient (Wildman–Crippen LogP) is 2.59. The molecule has 0 aliphatic carbocycles. The minimum Gasteiger partial charge on any atom is -0.443 e. The van der Waals surface area contributed by atoms with Crippen LogP contribution in [0, 0.1) is 5.92 Å². The van der Waals surface area contributed by atoms with Gasteiger partial charge in [0.05, 0.1) is 6.54 Å². The molecule has 4 nitrogen and oxygen atoms in total. The maximum atomic E-state index is 11.7. The van der Waals surface area contributed by atoms with Crippen LogP contribution in [0.3, 0.4) is 0 Å². The molecular formula is C14H28N2O2. The molecule has 0 saturated carbocycles. The number of carbonyl (C=O) groups is 1. The van der Waals surface area contributed by atoms with Gasteiger partial charge in [-0.3, -0.25) is 0 Å². The van der Waals surface area contributed by atoms with E-state index in [1.54, 1.807) is 0 Å². The Morgan fingerprint density at radius 2 is 2.22 bits per heavy atom. The third-order valence-corrected chi connectivity index (χ3v) is 3.28. The number of cyclic esters (lactones) is 1. The number of carbonyl (C=O) groups excluding carboxylic acids is 1. The molecule has 1 heterocycles. The minimum absolute atomic E-state index is 0.0492. The molecule has 0 unspecified atom stereocenters. The van der Waals surface area contributed by atoms with Gasteiger partial charge < -0.3 is 14.5 Å². The Morgan fingerprint density at radius 3 is 2.83 bits per heavy atom. The fourth-order valence-corrected chi connectivity index (χ4v) is 2.36. The molecule has 1 fully saturated rings. The van der Waals surface area contributed by atoms with Crippen molar-refractivity contribution in [2.45, 2.75) is 46.1 Å². The molecule has 1 atom stereocenters. The van der Waals surface area contributed by atoms with Crippen molar-refractivity contribution < 1.29 is 9.53 Å². The number of rotatable bonds is 8. The van der Waals surface area contributed by atoms with Crippen LogP contribution in [0.5, 0.6) is 0 Å². The molecule has 0 aromatic rings. The molecule has 0 spiro atoms. The quantitative estimate of drug-likeness (QED) is 0.669. The van der Waals surface area contributed by atoms with E-state index < -0.39 is 0 Å². The Balaban J connectivity index is 2.26. The van der Waals surface area contributed by atoms with E-state index in [9.17, 15) is 4.79 Å². The lowest BCUT2D eigenvalue weighted by atomic mass is 10.1. The Hall–Kier alpha value is -0.770. The van der Waals surface area contributed by atoms with Gasteiger partial charge >= 0.3 is 6.09 Å². The lowest BCUT2D eigenvalue weighted by Crippen LogP contribution is -2.33. The number of likely N-dealkylation sites (N-methyl/N-ethyl adjacent to an activating group) is 1. The van der Waals surface area contributed by atoms with Gasteiger partial charge in [0.2, 0.25) is 0 Å². The van der Waals surface area contributed by atoms with Gasteiger partial charge in [-0.25, -0.2) is 4.79 Å².